The van der Waals surface area contributed by atoms with E-state index in [0.29, 0.717) is 0 Å². The molecular formula is C11H16BrN5. The van der Waals surface area contributed by atoms with Crippen molar-refractivity contribution in [2.24, 2.45) is 12.8 Å². The van der Waals surface area contributed by atoms with Gasteiger partial charge >= 0.3 is 0 Å². The van der Waals surface area contributed by atoms with Crippen LogP contribution in [0.2, 0.25) is 0 Å². The van der Waals surface area contributed by atoms with Gasteiger partial charge < -0.3 is 10.3 Å². The van der Waals surface area contributed by atoms with Crippen LogP contribution in [0.5, 0.6) is 0 Å². The molecule has 0 spiro atoms. The van der Waals surface area contributed by atoms with Crippen molar-refractivity contribution < 1.29 is 0 Å². The summed E-state index contributed by atoms with van der Waals surface area (Å²) >= 11 is 3.50. The lowest BCUT2D eigenvalue weighted by Crippen LogP contribution is -2.21. The van der Waals surface area contributed by atoms with E-state index in [0.717, 1.165) is 15.9 Å². The van der Waals surface area contributed by atoms with Crippen molar-refractivity contribution >= 4 is 15.9 Å². The highest BCUT2D eigenvalue weighted by molar-refractivity contribution is 9.10. The Bertz CT molecular complexity index is 514. The SMILES string of the molecule is CC(C)n1ncc(Br)c1C(N)c1cncn1C. The number of hydrogen-bond donors (Lipinski definition) is 1. The molecule has 0 aliphatic rings. The second kappa shape index (κ2) is 4.62. The summed E-state index contributed by atoms with van der Waals surface area (Å²) in [7, 11) is 1.94. The molecule has 2 aromatic heterocycles. The van der Waals surface area contributed by atoms with E-state index in [4.69, 9.17) is 5.73 Å². The third-order valence-electron chi connectivity index (χ3n) is 2.74. The Morgan fingerprint density at radius 3 is 2.59 bits per heavy atom. The van der Waals surface area contributed by atoms with Crippen LogP contribution in [-0.2, 0) is 7.05 Å². The maximum atomic E-state index is 6.29. The minimum atomic E-state index is -0.234. The zero-order chi connectivity index (χ0) is 12.6. The van der Waals surface area contributed by atoms with Crippen molar-refractivity contribution in [1.29, 1.82) is 0 Å². The zero-order valence-corrected chi connectivity index (χ0v) is 11.7. The number of hydrogen-bond acceptors (Lipinski definition) is 3. The Kier molecular flexibility index (Phi) is 3.35. The van der Waals surface area contributed by atoms with Crippen LogP contribution in [0, 0.1) is 0 Å². The van der Waals surface area contributed by atoms with Gasteiger partial charge in [0.1, 0.15) is 0 Å². The van der Waals surface area contributed by atoms with Crippen molar-refractivity contribution in [2.75, 3.05) is 0 Å². The standard InChI is InChI=1S/C11H16BrN5/c1-7(2)17-11(8(12)4-15-17)10(13)9-5-14-6-16(9)3/h4-7,10H,13H2,1-3H3. The number of nitrogens with zero attached hydrogens (tertiary/aromatic N) is 4. The highest BCUT2D eigenvalue weighted by atomic mass is 79.9. The van der Waals surface area contributed by atoms with Crippen molar-refractivity contribution in [3.05, 3.63) is 34.6 Å². The third-order valence-corrected chi connectivity index (χ3v) is 3.35. The minimum Gasteiger partial charge on any atom is -0.336 e. The van der Waals surface area contributed by atoms with E-state index >= 15 is 0 Å². The monoisotopic (exact) mass is 297 g/mol. The lowest BCUT2D eigenvalue weighted by molar-refractivity contribution is 0.494. The molecule has 0 aliphatic heterocycles. The molecule has 2 heterocycles. The van der Waals surface area contributed by atoms with Crippen molar-refractivity contribution in [3.63, 3.8) is 0 Å². The first-order valence-corrected chi connectivity index (χ1v) is 6.26. The first kappa shape index (κ1) is 12.3. The molecule has 0 amide bonds. The maximum Gasteiger partial charge on any atom is 0.0946 e. The smallest absolute Gasteiger partial charge is 0.0946 e. The lowest BCUT2D eigenvalue weighted by Gasteiger charge is -2.17. The van der Waals surface area contributed by atoms with Crippen molar-refractivity contribution in [1.82, 2.24) is 19.3 Å². The fourth-order valence-corrected chi connectivity index (χ4v) is 2.38. The van der Waals surface area contributed by atoms with Crippen LogP contribution in [0.15, 0.2) is 23.2 Å². The molecule has 2 rings (SSSR count). The van der Waals surface area contributed by atoms with E-state index in [1.54, 1.807) is 18.7 Å². The fourth-order valence-electron chi connectivity index (χ4n) is 1.86. The molecule has 92 valence electrons. The average Bonchev–Trinajstić information content (AvgIpc) is 2.83. The Morgan fingerprint density at radius 1 is 1.35 bits per heavy atom. The second-order valence-electron chi connectivity index (χ2n) is 4.32. The van der Waals surface area contributed by atoms with Crippen LogP contribution in [0.1, 0.15) is 37.3 Å². The summed E-state index contributed by atoms with van der Waals surface area (Å²) in [6.45, 7) is 4.16. The summed E-state index contributed by atoms with van der Waals surface area (Å²) < 4.78 is 4.79. The Morgan fingerprint density at radius 2 is 2.06 bits per heavy atom. The number of aryl methyl sites for hydroxylation is 1. The normalized spacial score (nSPS) is 13.3. The molecule has 2 aromatic rings. The molecule has 6 heteroatoms. The quantitative estimate of drug-likeness (QED) is 0.943. The first-order valence-electron chi connectivity index (χ1n) is 5.47. The van der Waals surface area contributed by atoms with E-state index in [9.17, 15) is 0 Å². The molecule has 1 atom stereocenters. The maximum absolute atomic E-state index is 6.29. The van der Waals surface area contributed by atoms with Gasteiger partial charge in [0.05, 0.1) is 40.6 Å². The van der Waals surface area contributed by atoms with Gasteiger partial charge in [0.25, 0.3) is 0 Å². The van der Waals surface area contributed by atoms with Gasteiger partial charge in [0, 0.05) is 13.1 Å². The molecule has 0 saturated carbocycles. The predicted molar refractivity (Wildman–Crippen MR) is 69.6 cm³/mol. The molecule has 0 fully saturated rings. The molecule has 0 saturated heterocycles. The van der Waals surface area contributed by atoms with Gasteiger partial charge in [-0.15, -0.1) is 0 Å². The minimum absolute atomic E-state index is 0.234. The number of imidazole rings is 1. The highest BCUT2D eigenvalue weighted by Crippen LogP contribution is 2.28. The van der Waals surface area contributed by atoms with E-state index in [-0.39, 0.29) is 12.1 Å². The van der Waals surface area contributed by atoms with Crippen LogP contribution in [-0.4, -0.2) is 19.3 Å². The van der Waals surface area contributed by atoms with Crippen LogP contribution < -0.4 is 5.73 Å². The summed E-state index contributed by atoms with van der Waals surface area (Å²) in [5.41, 5.74) is 8.24. The number of rotatable bonds is 3. The Balaban J connectivity index is 2.47. The summed E-state index contributed by atoms with van der Waals surface area (Å²) in [5, 5.41) is 4.34. The van der Waals surface area contributed by atoms with Gasteiger partial charge in [-0.1, -0.05) is 0 Å². The topological polar surface area (TPSA) is 61.7 Å². The third kappa shape index (κ3) is 2.14. The fraction of sp³-hybridized carbons (Fsp3) is 0.455. The molecule has 5 nitrogen and oxygen atoms in total. The van der Waals surface area contributed by atoms with Gasteiger partial charge in [0.2, 0.25) is 0 Å². The van der Waals surface area contributed by atoms with Crippen LogP contribution in [0.4, 0.5) is 0 Å². The molecule has 0 radical (unpaired) electrons. The lowest BCUT2D eigenvalue weighted by atomic mass is 10.1. The predicted octanol–water partition coefficient (Wildman–Crippen LogP) is 2.01. The summed E-state index contributed by atoms with van der Waals surface area (Å²) in [6.07, 6.45) is 5.32. The average molecular weight is 298 g/mol. The Labute approximate surface area is 109 Å². The summed E-state index contributed by atoms with van der Waals surface area (Å²) in [6, 6.07) is 0.0392. The molecule has 2 N–H and O–H groups in total. The molecular weight excluding hydrogens is 282 g/mol. The van der Waals surface area contributed by atoms with Crippen molar-refractivity contribution in [3.8, 4) is 0 Å². The Hall–Kier alpha value is -1.14. The second-order valence-corrected chi connectivity index (χ2v) is 5.18. The zero-order valence-electron chi connectivity index (χ0n) is 10.1. The number of aromatic nitrogens is 4. The first-order chi connectivity index (χ1) is 8.02. The molecule has 0 aromatic carbocycles. The number of nitrogens with two attached hydrogens (primary N) is 1. The number of halogens is 1. The van der Waals surface area contributed by atoms with Gasteiger partial charge in [-0.05, 0) is 29.8 Å². The van der Waals surface area contributed by atoms with Gasteiger partial charge in [-0.2, -0.15) is 5.10 Å². The van der Waals surface area contributed by atoms with E-state index in [1.807, 2.05) is 16.3 Å². The van der Waals surface area contributed by atoms with Crippen LogP contribution in [0.25, 0.3) is 0 Å². The molecule has 1 unspecified atom stereocenters. The van der Waals surface area contributed by atoms with Gasteiger partial charge in [-0.25, -0.2) is 4.98 Å². The molecule has 17 heavy (non-hydrogen) atoms. The molecule has 0 aliphatic carbocycles. The summed E-state index contributed by atoms with van der Waals surface area (Å²) in [4.78, 5) is 4.09. The van der Waals surface area contributed by atoms with Crippen LogP contribution >= 0.6 is 15.9 Å². The van der Waals surface area contributed by atoms with Gasteiger partial charge in [-0.3, -0.25) is 4.68 Å². The van der Waals surface area contributed by atoms with E-state index in [2.05, 4.69) is 39.9 Å². The van der Waals surface area contributed by atoms with E-state index in [1.165, 1.54) is 0 Å². The molecule has 0 bridgehead atoms. The summed E-state index contributed by atoms with van der Waals surface area (Å²) in [5.74, 6) is 0. The largest absolute Gasteiger partial charge is 0.336 e. The van der Waals surface area contributed by atoms with Crippen molar-refractivity contribution in [2.45, 2.75) is 25.9 Å². The van der Waals surface area contributed by atoms with Gasteiger partial charge in [0.15, 0.2) is 0 Å². The highest BCUT2D eigenvalue weighted by Gasteiger charge is 2.21. The van der Waals surface area contributed by atoms with Crippen LogP contribution in [0.3, 0.4) is 0 Å². The van der Waals surface area contributed by atoms with E-state index < -0.39 is 0 Å².